The van der Waals surface area contributed by atoms with Crippen LogP contribution in [-0.2, 0) is 11.3 Å². The van der Waals surface area contributed by atoms with E-state index in [4.69, 9.17) is 5.73 Å². The van der Waals surface area contributed by atoms with Crippen LogP contribution in [0.4, 0.5) is 0 Å². The number of ketones is 1. The van der Waals surface area contributed by atoms with Gasteiger partial charge in [-0.2, -0.15) is 5.10 Å². The van der Waals surface area contributed by atoms with Crippen LogP contribution in [0, 0.1) is 40.4 Å². The molecule has 1 aromatic rings. The largest absolute Gasteiger partial charge is 0.390 e. The van der Waals surface area contributed by atoms with Crippen molar-refractivity contribution in [2.24, 2.45) is 46.2 Å². The Hall–Kier alpha value is -1.69. The maximum atomic E-state index is 13.4. The number of fused-ring (bicyclic) bond motifs is 5. The maximum Gasteiger partial charge on any atom is 0.251 e. The van der Waals surface area contributed by atoms with Gasteiger partial charge >= 0.3 is 0 Å². The second-order valence-electron chi connectivity index (χ2n) is 12.3. The van der Waals surface area contributed by atoms with Crippen molar-refractivity contribution in [1.29, 1.82) is 0 Å². The van der Waals surface area contributed by atoms with E-state index in [2.05, 4.69) is 18.9 Å². The molecular formula is C26H39N3O3. The average Bonchev–Trinajstić information content (AvgIpc) is 3.32. The zero-order valence-corrected chi connectivity index (χ0v) is 19.8. The van der Waals surface area contributed by atoms with Crippen molar-refractivity contribution in [1.82, 2.24) is 9.78 Å². The summed E-state index contributed by atoms with van der Waals surface area (Å²) in [5, 5.41) is 14.9. The summed E-state index contributed by atoms with van der Waals surface area (Å²) in [5.74, 6) is 2.51. The van der Waals surface area contributed by atoms with Crippen molar-refractivity contribution < 1.29 is 14.7 Å². The Morgan fingerprint density at radius 3 is 2.53 bits per heavy atom. The minimum Gasteiger partial charge on any atom is -0.390 e. The normalized spacial score (nSPS) is 45.6. The van der Waals surface area contributed by atoms with Crippen LogP contribution in [-0.4, -0.2) is 32.2 Å². The quantitative estimate of drug-likeness (QED) is 0.739. The highest BCUT2D eigenvalue weighted by molar-refractivity contribution is 5.92. The Morgan fingerprint density at radius 2 is 1.81 bits per heavy atom. The van der Waals surface area contributed by atoms with E-state index < -0.39 is 11.5 Å². The fourth-order valence-corrected chi connectivity index (χ4v) is 8.81. The van der Waals surface area contributed by atoms with E-state index in [-0.39, 0.29) is 23.7 Å². The Bertz CT molecular complexity index is 923. The molecule has 6 nitrogen and oxygen atoms in total. The number of nitrogens with two attached hydrogens (primary N) is 1. The maximum absolute atomic E-state index is 13.4. The number of primary amides is 1. The van der Waals surface area contributed by atoms with E-state index in [0.717, 1.165) is 44.4 Å². The van der Waals surface area contributed by atoms with Crippen LogP contribution >= 0.6 is 0 Å². The summed E-state index contributed by atoms with van der Waals surface area (Å²) < 4.78 is 1.57. The molecule has 4 aliphatic rings. The number of aromatic nitrogens is 2. The Morgan fingerprint density at radius 1 is 1.06 bits per heavy atom. The van der Waals surface area contributed by atoms with Crippen LogP contribution in [0.25, 0.3) is 0 Å². The summed E-state index contributed by atoms with van der Waals surface area (Å²) in [6.07, 6.45) is 13.0. The van der Waals surface area contributed by atoms with E-state index in [9.17, 15) is 14.7 Å². The minimum atomic E-state index is -0.511. The highest BCUT2D eigenvalue weighted by atomic mass is 16.3. The van der Waals surface area contributed by atoms with Gasteiger partial charge in [-0.3, -0.25) is 14.3 Å². The summed E-state index contributed by atoms with van der Waals surface area (Å²) in [4.78, 5) is 24.7. The molecule has 4 saturated carbocycles. The first kappa shape index (κ1) is 22.1. The van der Waals surface area contributed by atoms with Crippen molar-refractivity contribution in [3.05, 3.63) is 18.0 Å². The zero-order chi connectivity index (χ0) is 22.9. The molecule has 8 atom stereocenters. The summed E-state index contributed by atoms with van der Waals surface area (Å²) in [6, 6.07) is 0. The Labute approximate surface area is 191 Å². The standard InChI is InChI=1S/C26H39N3O3/c1-24(32)10-11-25(2)17(12-24)4-5-18-19-6-7-21(26(19,3)9-8-20(18)25)22(30)15-29-14-16(13-28-29)23(27)31/h13-14,17-21,32H,4-12,15H2,1-3H3,(H2,27,31)/t17?,18?,19-,20-,21+,24+,25-,26?/m0/s1. The monoisotopic (exact) mass is 441 g/mol. The van der Waals surface area contributed by atoms with E-state index in [1.54, 1.807) is 10.9 Å². The number of carbonyl (C=O) groups is 2. The topological polar surface area (TPSA) is 98.2 Å². The SMILES string of the molecule is CC12CC[C@H]3C(CCC4C[C@](C)(O)CC[C@@]43C)[C@@H]1CC[C@@H]2C(=O)Cn1cc(C(N)=O)cn1. The third-order valence-corrected chi connectivity index (χ3v) is 10.6. The van der Waals surface area contributed by atoms with Gasteiger partial charge in [0.25, 0.3) is 5.91 Å². The van der Waals surface area contributed by atoms with Gasteiger partial charge in [0, 0.05) is 12.1 Å². The molecule has 4 aliphatic carbocycles. The molecule has 0 aromatic carbocycles. The number of Topliss-reactive ketones (excluding diaryl/α,β-unsaturated/α-hetero) is 1. The van der Waals surface area contributed by atoms with Crippen LogP contribution < -0.4 is 5.73 Å². The van der Waals surface area contributed by atoms with E-state index in [0.29, 0.717) is 28.7 Å². The van der Waals surface area contributed by atoms with Gasteiger partial charge in [0.15, 0.2) is 5.78 Å². The molecule has 6 heteroatoms. The van der Waals surface area contributed by atoms with Crippen molar-refractivity contribution in [2.75, 3.05) is 0 Å². The Kier molecular flexibility index (Phi) is 5.12. The highest BCUT2D eigenvalue weighted by Crippen LogP contribution is 2.68. The van der Waals surface area contributed by atoms with Crippen molar-refractivity contribution in [3.63, 3.8) is 0 Å². The molecule has 3 unspecified atom stereocenters. The Balaban J connectivity index is 1.32. The molecule has 0 aliphatic heterocycles. The summed E-state index contributed by atoms with van der Waals surface area (Å²) in [7, 11) is 0. The summed E-state index contributed by atoms with van der Waals surface area (Å²) in [5.41, 5.74) is 5.60. The molecule has 1 heterocycles. The fraction of sp³-hybridized carbons (Fsp3) is 0.808. The number of nitrogens with zero attached hydrogens (tertiary/aromatic N) is 2. The van der Waals surface area contributed by atoms with Crippen molar-refractivity contribution >= 4 is 11.7 Å². The lowest BCUT2D eigenvalue weighted by Crippen LogP contribution is -2.55. The average molecular weight is 442 g/mol. The van der Waals surface area contributed by atoms with Crippen LogP contribution in [0.2, 0.25) is 0 Å². The van der Waals surface area contributed by atoms with Crippen LogP contribution in [0.15, 0.2) is 12.4 Å². The predicted molar refractivity (Wildman–Crippen MR) is 122 cm³/mol. The molecule has 3 N–H and O–H groups in total. The van der Waals surface area contributed by atoms with Crippen molar-refractivity contribution in [3.8, 4) is 0 Å². The predicted octanol–water partition coefficient (Wildman–Crippen LogP) is 3.96. The molecule has 1 amide bonds. The molecule has 0 saturated heterocycles. The summed E-state index contributed by atoms with van der Waals surface area (Å²) >= 11 is 0. The molecule has 5 rings (SSSR count). The number of amides is 1. The zero-order valence-electron chi connectivity index (χ0n) is 19.8. The molecule has 176 valence electrons. The van der Waals surface area contributed by atoms with Gasteiger partial charge < -0.3 is 10.8 Å². The number of aliphatic hydroxyl groups is 1. The van der Waals surface area contributed by atoms with Crippen molar-refractivity contribution in [2.45, 2.75) is 90.7 Å². The fourth-order valence-electron chi connectivity index (χ4n) is 8.81. The molecule has 1 aromatic heterocycles. The lowest BCUT2D eigenvalue weighted by Gasteiger charge is -2.61. The highest BCUT2D eigenvalue weighted by Gasteiger charge is 2.61. The smallest absolute Gasteiger partial charge is 0.251 e. The van der Waals surface area contributed by atoms with Crippen LogP contribution in [0.1, 0.15) is 88.9 Å². The van der Waals surface area contributed by atoms with Gasteiger partial charge in [0.1, 0.15) is 0 Å². The lowest BCUT2D eigenvalue weighted by molar-refractivity contribution is -0.151. The number of carbonyl (C=O) groups excluding carboxylic acids is 2. The number of hydrogen-bond donors (Lipinski definition) is 2. The molecular weight excluding hydrogens is 402 g/mol. The molecule has 0 spiro atoms. The van der Waals surface area contributed by atoms with Gasteiger partial charge in [-0.1, -0.05) is 13.8 Å². The van der Waals surface area contributed by atoms with Crippen LogP contribution in [0.3, 0.4) is 0 Å². The van der Waals surface area contributed by atoms with Gasteiger partial charge in [-0.15, -0.1) is 0 Å². The van der Waals surface area contributed by atoms with E-state index >= 15 is 0 Å². The lowest BCUT2D eigenvalue weighted by atomic mass is 9.44. The summed E-state index contributed by atoms with van der Waals surface area (Å²) in [6.45, 7) is 7.14. The molecule has 0 bridgehead atoms. The van der Waals surface area contributed by atoms with E-state index in [1.807, 2.05) is 6.92 Å². The third kappa shape index (κ3) is 3.36. The molecule has 4 fully saturated rings. The first-order chi connectivity index (χ1) is 15.0. The first-order valence-electron chi connectivity index (χ1n) is 12.6. The van der Waals surface area contributed by atoms with Gasteiger partial charge in [0.05, 0.1) is 23.9 Å². The number of hydrogen-bond acceptors (Lipinski definition) is 4. The molecule has 0 radical (unpaired) electrons. The third-order valence-electron chi connectivity index (χ3n) is 10.6. The molecule has 32 heavy (non-hydrogen) atoms. The van der Waals surface area contributed by atoms with Gasteiger partial charge in [0.2, 0.25) is 0 Å². The van der Waals surface area contributed by atoms with Gasteiger partial charge in [-0.05, 0) is 99.2 Å². The van der Waals surface area contributed by atoms with Gasteiger partial charge in [-0.25, -0.2) is 0 Å². The van der Waals surface area contributed by atoms with E-state index in [1.165, 1.54) is 25.5 Å². The second kappa shape index (κ2) is 7.41. The second-order valence-corrected chi connectivity index (χ2v) is 12.3. The first-order valence-corrected chi connectivity index (χ1v) is 12.6. The minimum absolute atomic E-state index is 0.0707. The van der Waals surface area contributed by atoms with Crippen LogP contribution in [0.5, 0.6) is 0 Å². The number of rotatable bonds is 4.